The Kier molecular flexibility index (Phi) is 28.2. The molecule has 1 aliphatic rings. The molecule has 438 valence electrons. The number of nitrogens with one attached hydrogen (secondary N) is 9. The van der Waals surface area contributed by atoms with E-state index in [2.05, 4.69) is 47.9 Å². The Hall–Kier alpha value is -6.82. The fourth-order valence-electron chi connectivity index (χ4n) is 9.03. The summed E-state index contributed by atoms with van der Waals surface area (Å²) < 4.78 is 0. The zero-order valence-electron chi connectivity index (χ0n) is 47.0. The fraction of sp³-hybridized carbons (Fsp3) is 0.607. The van der Waals surface area contributed by atoms with E-state index in [4.69, 9.17) is 11.5 Å². The lowest BCUT2D eigenvalue weighted by atomic mass is 9.86. The van der Waals surface area contributed by atoms with Crippen LogP contribution in [0.3, 0.4) is 0 Å². The minimum absolute atomic E-state index is 0.00618. The van der Waals surface area contributed by atoms with Crippen molar-refractivity contribution >= 4 is 58.9 Å². The van der Waals surface area contributed by atoms with E-state index >= 15 is 0 Å². The quantitative estimate of drug-likeness (QED) is 0.0789. The molecule has 0 radical (unpaired) electrons. The van der Waals surface area contributed by atoms with E-state index in [-0.39, 0.29) is 76.3 Å². The Morgan fingerprint density at radius 3 is 1.09 bits per heavy atom. The van der Waals surface area contributed by atoms with Crippen LogP contribution in [0.15, 0.2) is 60.7 Å². The van der Waals surface area contributed by atoms with Crippen molar-refractivity contribution in [2.45, 2.75) is 161 Å². The van der Waals surface area contributed by atoms with E-state index < -0.39 is 144 Å². The highest BCUT2D eigenvalue weighted by Gasteiger charge is 2.40. The monoisotopic (exact) mass is 1110 g/mol. The predicted molar refractivity (Wildman–Crippen MR) is 295 cm³/mol. The highest BCUT2D eigenvalue weighted by atomic mass is 16.3. The molecular formula is C56H87N11O12. The zero-order chi connectivity index (χ0) is 58.9. The van der Waals surface area contributed by atoms with E-state index in [0.29, 0.717) is 11.1 Å². The lowest BCUT2D eigenvalue weighted by Gasteiger charge is -2.29. The van der Waals surface area contributed by atoms with Gasteiger partial charge in [0.25, 0.3) is 0 Å². The molecule has 0 saturated carbocycles. The van der Waals surface area contributed by atoms with Gasteiger partial charge in [-0.15, -0.1) is 0 Å². The maximum atomic E-state index is 14.4. The molecule has 0 bridgehead atoms. The molecule has 1 saturated heterocycles. The highest BCUT2D eigenvalue weighted by Crippen LogP contribution is 2.18. The first-order chi connectivity index (χ1) is 37.4. The van der Waals surface area contributed by atoms with Gasteiger partial charge in [-0.05, 0) is 86.4 Å². The lowest BCUT2D eigenvalue weighted by Crippen LogP contribution is -2.62. The summed E-state index contributed by atoms with van der Waals surface area (Å²) in [5.74, 6) is -12.1. The Morgan fingerprint density at radius 1 is 0.392 bits per heavy atom. The molecule has 3 rings (SSSR count). The van der Waals surface area contributed by atoms with Crippen LogP contribution in [0.25, 0.3) is 0 Å². The second-order valence-electron chi connectivity index (χ2n) is 21.7. The molecule has 0 unspecified atom stereocenters. The summed E-state index contributed by atoms with van der Waals surface area (Å²) in [6.07, 6.45) is 0.247. The van der Waals surface area contributed by atoms with Crippen molar-refractivity contribution in [3.8, 4) is 0 Å². The van der Waals surface area contributed by atoms with Crippen LogP contribution in [-0.2, 0) is 60.8 Å². The molecule has 2 aromatic rings. The number of carbonyl (C=O) groups is 10. The maximum Gasteiger partial charge on any atom is 0.245 e. The number of rotatable bonds is 18. The van der Waals surface area contributed by atoms with Crippen molar-refractivity contribution in [2.24, 2.45) is 41.1 Å². The van der Waals surface area contributed by atoms with Gasteiger partial charge >= 0.3 is 0 Å². The molecule has 1 heterocycles. The number of amides is 9. The maximum absolute atomic E-state index is 14.4. The molecule has 15 N–H and O–H groups in total. The summed E-state index contributed by atoms with van der Waals surface area (Å²) in [5, 5.41) is 45.0. The number of hydrogen-bond donors (Lipinski definition) is 13. The third-order valence-electron chi connectivity index (χ3n) is 13.3. The summed E-state index contributed by atoms with van der Waals surface area (Å²) in [5.41, 5.74) is 12.9. The van der Waals surface area contributed by atoms with Crippen molar-refractivity contribution in [3.63, 3.8) is 0 Å². The fourth-order valence-corrected chi connectivity index (χ4v) is 9.03. The second-order valence-corrected chi connectivity index (χ2v) is 21.7. The molecule has 1 fully saturated rings. The van der Waals surface area contributed by atoms with Gasteiger partial charge in [-0.3, -0.25) is 47.9 Å². The van der Waals surface area contributed by atoms with Crippen molar-refractivity contribution in [1.82, 2.24) is 47.9 Å². The lowest BCUT2D eigenvalue weighted by molar-refractivity contribution is -0.141. The number of aliphatic hydroxyl groups is 2. The largest absolute Gasteiger partial charge is 0.394 e. The van der Waals surface area contributed by atoms with Crippen LogP contribution >= 0.6 is 0 Å². The Labute approximate surface area is 463 Å². The van der Waals surface area contributed by atoms with Crippen molar-refractivity contribution in [3.05, 3.63) is 71.8 Å². The minimum Gasteiger partial charge on any atom is -0.394 e. The highest BCUT2D eigenvalue weighted by molar-refractivity contribution is 6.07. The minimum atomic E-state index is -1.70. The van der Waals surface area contributed by atoms with Gasteiger partial charge in [0.15, 0.2) is 5.78 Å². The smallest absolute Gasteiger partial charge is 0.245 e. The molecule has 23 nitrogen and oxygen atoms in total. The van der Waals surface area contributed by atoms with Gasteiger partial charge in [-0.25, -0.2) is 0 Å². The number of aliphatic hydroxyl groups excluding tert-OH is 2. The van der Waals surface area contributed by atoms with Gasteiger partial charge in [-0.2, -0.15) is 0 Å². The summed E-state index contributed by atoms with van der Waals surface area (Å²) in [7, 11) is 0. The molecule has 0 aliphatic carbocycles. The molecule has 10 atom stereocenters. The average Bonchev–Trinajstić information content (AvgIpc) is 3.39. The van der Waals surface area contributed by atoms with Crippen molar-refractivity contribution < 1.29 is 58.2 Å². The van der Waals surface area contributed by atoms with E-state index in [1.54, 1.807) is 116 Å². The first kappa shape index (κ1) is 66.5. The topological polar surface area (TPSA) is 371 Å². The number of nitrogens with two attached hydrogens (primary N) is 2. The van der Waals surface area contributed by atoms with Crippen LogP contribution in [0.4, 0.5) is 0 Å². The van der Waals surface area contributed by atoms with E-state index in [1.165, 1.54) is 0 Å². The number of Topliss-reactive ketones (excluding diaryl/α,β-unsaturated/α-hetero) is 1. The summed E-state index contributed by atoms with van der Waals surface area (Å²) in [6, 6.07) is 4.34. The van der Waals surface area contributed by atoms with Crippen LogP contribution in [-0.4, -0.2) is 150 Å². The molecule has 1 aliphatic heterocycles. The summed E-state index contributed by atoms with van der Waals surface area (Å²) in [4.78, 5) is 143. The van der Waals surface area contributed by atoms with Gasteiger partial charge in [0, 0.05) is 12.8 Å². The number of ketones is 1. The van der Waals surface area contributed by atoms with Crippen LogP contribution in [0, 0.1) is 29.6 Å². The zero-order valence-corrected chi connectivity index (χ0v) is 47.0. The normalized spacial score (nSPS) is 25.4. The summed E-state index contributed by atoms with van der Waals surface area (Å²) >= 11 is 0. The Morgan fingerprint density at radius 2 is 0.722 bits per heavy atom. The molecular weight excluding hydrogens is 1020 g/mol. The third-order valence-corrected chi connectivity index (χ3v) is 13.3. The number of hydrogen-bond acceptors (Lipinski definition) is 14. The van der Waals surface area contributed by atoms with E-state index in [9.17, 15) is 58.2 Å². The molecule has 0 aromatic heterocycles. The standard InChI is InChI=1S/C56H87N11O12/c1-31(2)25-39-51(74)64-42(28-36-19-13-10-14-20-36)53(76)66-44(30-69)54(77)67-46(34(7)8)56(79)60-38(22-16-24-58)49(72)62-40(26-32(3)4)50(73)63-41(27-35-17-11-9-12-18-35)52(75)65-43(29-68)47(70)45(33(5)6)55(78)59-37(21-15-23-57)48(71)61-39/h9-14,17-20,31-34,37-46,68-69H,15-16,21-30,57-58H2,1-8H3,(H,59,78)(H,60,79)(H,61,71)(H,62,72)(H,63,73)(H,64,74)(H,65,75)(H,66,76)(H,67,77)/t37-,38-,39-,40-,41+,42+,43-,44-,45-,46-/m0/s1. The van der Waals surface area contributed by atoms with Crippen LogP contribution in [0.5, 0.6) is 0 Å². The molecule has 23 heteroatoms. The second kappa shape index (κ2) is 33.6. The SMILES string of the molecule is CC(C)C[C@@H]1NC(=O)[C@H](CCCN)NC(=O)[C@@H](C(C)C)C(=O)[C@H](CO)NC(=O)[C@@H](Cc2ccccc2)NC(=O)[C@H](CC(C)C)NC(=O)[C@H](CCCN)NC(=O)[C@H](C(C)C)NC(=O)[C@H](CO)NC(=O)[C@@H](Cc2ccccc2)NC1=O. The van der Waals surface area contributed by atoms with Crippen LogP contribution in [0.2, 0.25) is 0 Å². The van der Waals surface area contributed by atoms with Crippen molar-refractivity contribution in [1.29, 1.82) is 0 Å². The first-order valence-corrected chi connectivity index (χ1v) is 27.4. The average molecular weight is 1110 g/mol. The molecule has 79 heavy (non-hydrogen) atoms. The van der Waals surface area contributed by atoms with Gasteiger partial charge in [0.05, 0.1) is 13.2 Å². The van der Waals surface area contributed by atoms with Gasteiger partial charge < -0.3 is 69.5 Å². The number of carbonyl (C=O) groups excluding carboxylic acids is 10. The Balaban J connectivity index is 2.24. The Bertz CT molecular complexity index is 2340. The van der Waals surface area contributed by atoms with Crippen LogP contribution < -0.4 is 59.3 Å². The van der Waals surface area contributed by atoms with Gasteiger partial charge in [0.2, 0.25) is 53.2 Å². The van der Waals surface area contributed by atoms with Crippen LogP contribution in [0.1, 0.15) is 105 Å². The molecule has 2 aromatic carbocycles. The summed E-state index contributed by atoms with van der Waals surface area (Å²) in [6.45, 7) is 11.8. The third kappa shape index (κ3) is 21.7. The van der Waals surface area contributed by atoms with Gasteiger partial charge in [-0.1, -0.05) is 116 Å². The van der Waals surface area contributed by atoms with Crippen molar-refractivity contribution in [2.75, 3.05) is 26.3 Å². The molecule has 0 spiro atoms. The van der Waals surface area contributed by atoms with E-state index in [0.717, 1.165) is 0 Å². The van der Waals surface area contributed by atoms with E-state index in [1.807, 2.05) is 0 Å². The number of benzene rings is 2. The predicted octanol–water partition coefficient (Wildman–Crippen LogP) is -1.10. The molecule has 9 amide bonds. The van der Waals surface area contributed by atoms with Gasteiger partial charge in [0.1, 0.15) is 60.3 Å². The first-order valence-electron chi connectivity index (χ1n) is 27.4.